The van der Waals surface area contributed by atoms with Gasteiger partial charge in [-0.2, -0.15) is 13.2 Å². The van der Waals surface area contributed by atoms with E-state index in [1.807, 2.05) is 48.5 Å². The quantitative estimate of drug-likeness (QED) is 0.523. The number of carboxylic acids is 1. The Labute approximate surface area is 187 Å². The van der Waals surface area contributed by atoms with Crippen LogP contribution in [0.25, 0.3) is 11.1 Å². The van der Waals surface area contributed by atoms with Gasteiger partial charge in [0.2, 0.25) is 5.91 Å². The molecule has 1 aliphatic carbocycles. The van der Waals surface area contributed by atoms with Crippen LogP contribution in [0.5, 0.6) is 0 Å². The number of halogens is 3. The van der Waals surface area contributed by atoms with Gasteiger partial charge in [-0.1, -0.05) is 48.5 Å². The van der Waals surface area contributed by atoms with Gasteiger partial charge < -0.3 is 20.5 Å². The molecule has 0 aromatic heterocycles. The summed E-state index contributed by atoms with van der Waals surface area (Å²) in [7, 11) is 0. The summed E-state index contributed by atoms with van der Waals surface area (Å²) in [6.07, 6.45) is -7.59. The Morgan fingerprint density at radius 3 is 2.09 bits per heavy atom. The number of hydrogen-bond acceptors (Lipinski definition) is 4. The minimum Gasteiger partial charge on any atom is -0.481 e. The van der Waals surface area contributed by atoms with E-state index in [1.54, 1.807) is 5.32 Å². The fourth-order valence-corrected chi connectivity index (χ4v) is 3.77. The Morgan fingerprint density at radius 2 is 1.55 bits per heavy atom. The molecule has 0 spiro atoms. The van der Waals surface area contributed by atoms with Crippen LogP contribution in [0.1, 0.15) is 36.3 Å². The number of benzene rings is 2. The fraction of sp³-hybridized carbons (Fsp3) is 0.348. The highest BCUT2D eigenvalue weighted by molar-refractivity contribution is 5.79. The molecular formula is C23H23F3N2O5. The maximum absolute atomic E-state index is 13.3. The standard InChI is InChI=1S/C23H23F3N2O5/c24-23(25,26)19(9-10-20(29)27-12-11-21(30)31)28-22(32)33-13-18-16-7-3-1-5-14(16)15-6-2-4-8-17(15)18/h1-8,18-19H,9-13H2,(H,27,29)(H,28,32)(H,30,31)/t19-/m0/s1. The zero-order valence-corrected chi connectivity index (χ0v) is 17.5. The Balaban J connectivity index is 1.57. The Morgan fingerprint density at radius 1 is 0.970 bits per heavy atom. The maximum Gasteiger partial charge on any atom is 0.408 e. The molecule has 176 valence electrons. The highest BCUT2D eigenvalue weighted by Crippen LogP contribution is 2.44. The Kier molecular flexibility index (Phi) is 7.57. The van der Waals surface area contributed by atoms with E-state index in [1.165, 1.54) is 0 Å². The molecule has 0 aliphatic heterocycles. The van der Waals surface area contributed by atoms with Crippen molar-refractivity contribution in [2.75, 3.05) is 13.2 Å². The van der Waals surface area contributed by atoms with E-state index in [2.05, 4.69) is 5.32 Å². The van der Waals surface area contributed by atoms with Gasteiger partial charge >= 0.3 is 18.2 Å². The highest BCUT2D eigenvalue weighted by atomic mass is 19.4. The molecule has 3 rings (SSSR count). The second-order valence-corrected chi connectivity index (χ2v) is 7.60. The third-order valence-corrected chi connectivity index (χ3v) is 5.35. The summed E-state index contributed by atoms with van der Waals surface area (Å²) in [5.41, 5.74) is 3.84. The van der Waals surface area contributed by atoms with Gasteiger partial charge in [-0.25, -0.2) is 4.79 Å². The smallest absolute Gasteiger partial charge is 0.408 e. The Bertz CT molecular complexity index is 980. The van der Waals surface area contributed by atoms with Crippen molar-refractivity contribution < 1.29 is 37.4 Å². The number of rotatable bonds is 9. The topological polar surface area (TPSA) is 105 Å². The SMILES string of the molecule is O=C(O)CCNC(=O)CC[C@H](NC(=O)OCC1c2ccccc2-c2ccccc21)C(F)(F)F. The van der Waals surface area contributed by atoms with Crippen LogP contribution < -0.4 is 10.6 Å². The number of fused-ring (bicyclic) bond motifs is 3. The first kappa shape index (κ1) is 24.1. The third-order valence-electron chi connectivity index (χ3n) is 5.35. The van der Waals surface area contributed by atoms with Crippen LogP contribution in [-0.2, 0) is 14.3 Å². The number of alkyl carbamates (subject to hydrolysis) is 1. The maximum atomic E-state index is 13.3. The lowest BCUT2D eigenvalue weighted by atomic mass is 9.98. The van der Waals surface area contributed by atoms with Crippen molar-refractivity contribution >= 4 is 18.0 Å². The number of ether oxygens (including phenoxy) is 1. The molecule has 0 fully saturated rings. The highest BCUT2D eigenvalue weighted by Gasteiger charge is 2.41. The van der Waals surface area contributed by atoms with Gasteiger partial charge in [-0.15, -0.1) is 0 Å². The molecule has 0 radical (unpaired) electrons. The summed E-state index contributed by atoms with van der Waals surface area (Å²) in [4.78, 5) is 34.3. The van der Waals surface area contributed by atoms with Crippen LogP contribution >= 0.6 is 0 Å². The van der Waals surface area contributed by atoms with Crippen molar-refractivity contribution in [2.24, 2.45) is 0 Å². The summed E-state index contributed by atoms with van der Waals surface area (Å²) in [5.74, 6) is -2.17. The van der Waals surface area contributed by atoms with Gasteiger partial charge in [0, 0.05) is 18.9 Å². The number of alkyl halides is 3. The minimum atomic E-state index is -4.78. The van der Waals surface area contributed by atoms with Crippen LogP contribution in [-0.4, -0.2) is 48.4 Å². The third kappa shape index (κ3) is 6.24. The van der Waals surface area contributed by atoms with Crippen LogP contribution in [0, 0.1) is 0 Å². The molecule has 2 aromatic rings. The largest absolute Gasteiger partial charge is 0.481 e. The van der Waals surface area contributed by atoms with E-state index in [0.717, 1.165) is 22.3 Å². The fourth-order valence-electron chi connectivity index (χ4n) is 3.77. The first-order valence-electron chi connectivity index (χ1n) is 10.3. The molecular weight excluding hydrogens is 441 g/mol. The van der Waals surface area contributed by atoms with Gasteiger partial charge in [0.25, 0.3) is 0 Å². The second-order valence-electron chi connectivity index (χ2n) is 7.60. The summed E-state index contributed by atoms with van der Waals surface area (Å²) in [6, 6.07) is 12.8. The van der Waals surface area contributed by atoms with Crippen molar-refractivity contribution in [3.8, 4) is 11.1 Å². The van der Waals surface area contributed by atoms with Crippen molar-refractivity contribution in [3.63, 3.8) is 0 Å². The van der Waals surface area contributed by atoms with Crippen molar-refractivity contribution in [2.45, 2.75) is 37.4 Å². The number of hydrogen-bond donors (Lipinski definition) is 3. The molecule has 7 nitrogen and oxygen atoms in total. The van der Waals surface area contributed by atoms with E-state index in [4.69, 9.17) is 9.84 Å². The van der Waals surface area contributed by atoms with E-state index >= 15 is 0 Å². The average Bonchev–Trinajstić information content (AvgIpc) is 3.08. The molecule has 2 amide bonds. The van der Waals surface area contributed by atoms with Crippen molar-refractivity contribution in [1.29, 1.82) is 0 Å². The zero-order valence-electron chi connectivity index (χ0n) is 17.5. The number of carbonyl (C=O) groups is 3. The minimum absolute atomic E-state index is 0.139. The van der Waals surface area contributed by atoms with Crippen LogP contribution in [0.3, 0.4) is 0 Å². The molecule has 1 aliphatic rings. The number of aliphatic carboxylic acids is 1. The summed E-state index contributed by atoms with van der Waals surface area (Å²) in [6.45, 7) is -0.329. The van der Waals surface area contributed by atoms with Crippen molar-refractivity contribution in [1.82, 2.24) is 10.6 Å². The monoisotopic (exact) mass is 464 g/mol. The number of carbonyl (C=O) groups excluding carboxylic acids is 2. The van der Waals surface area contributed by atoms with Gasteiger partial charge in [0.1, 0.15) is 12.6 Å². The first-order chi connectivity index (χ1) is 15.7. The first-order valence-corrected chi connectivity index (χ1v) is 10.3. The molecule has 0 saturated carbocycles. The van der Waals surface area contributed by atoms with Gasteiger partial charge in [0.15, 0.2) is 0 Å². The summed E-state index contributed by atoms with van der Waals surface area (Å²) in [5, 5.41) is 12.5. The summed E-state index contributed by atoms with van der Waals surface area (Å²) >= 11 is 0. The normalized spacial score (nSPS) is 13.5. The molecule has 33 heavy (non-hydrogen) atoms. The predicted octanol–water partition coefficient (Wildman–Crippen LogP) is 3.83. The number of amides is 2. The second kappa shape index (κ2) is 10.4. The number of carboxylic acid groups (broad SMARTS) is 1. The molecule has 0 heterocycles. The predicted molar refractivity (Wildman–Crippen MR) is 113 cm³/mol. The van der Waals surface area contributed by atoms with E-state index in [-0.39, 0.29) is 25.5 Å². The average molecular weight is 464 g/mol. The molecule has 1 atom stereocenters. The lowest BCUT2D eigenvalue weighted by molar-refractivity contribution is -0.156. The van der Waals surface area contributed by atoms with Crippen LogP contribution in [0.4, 0.5) is 18.0 Å². The van der Waals surface area contributed by atoms with Gasteiger partial charge in [0.05, 0.1) is 6.42 Å². The molecule has 0 bridgehead atoms. The van der Waals surface area contributed by atoms with E-state index < -0.39 is 43.0 Å². The van der Waals surface area contributed by atoms with Gasteiger partial charge in [-0.3, -0.25) is 9.59 Å². The van der Waals surface area contributed by atoms with Crippen LogP contribution in [0.2, 0.25) is 0 Å². The molecule has 3 N–H and O–H groups in total. The van der Waals surface area contributed by atoms with Crippen molar-refractivity contribution in [3.05, 3.63) is 59.7 Å². The van der Waals surface area contributed by atoms with Crippen LogP contribution in [0.15, 0.2) is 48.5 Å². The molecule has 2 aromatic carbocycles. The van der Waals surface area contributed by atoms with Gasteiger partial charge in [-0.05, 0) is 28.7 Å². The van der Waals surface area contributed by atoms with E-state index in [9.17, 15) is 27.6 Å². The molecule has 0 saturated heterocycles. The lowest BCUT2D eigenvalue weighted by Crippen LogP contribution is -2.46. The Hall–Kier alpha value is -3.56. The number of nitrogens with one attached hydrogen (secondary N) is 2. The zero-order chi connectivity index (χ0) is 24.0. The molecule has 10 heteroatoms. The lowest BCUT2D eigenvalue weighted by Gasteiger charge is -2.22. The summed E-state index contributed by atoms with van der Waals surface area (Å²) < 4.78 is 45.2. The van der Waals surface area contributed by atoms with E-state index in [0.29, 0.717) is 0 Å². The molecule has 0 unspecified atom stereocenters.